The van der Waals surface area contributed by atoms with Crippen molar-refractivity contribution in [2.75, 3.05) is 18.1 Å². The minimum absolute atomic E-state index is 0.333. The summed E-state index contributed by atoms with van der Waals surface area (Å²) in [4.78, 5) is 23.1. The first kappa shape index (κ1) is 15.4. The molecule has 1 amide bonds. The average molecular weight is 283 g/mol. The molecule has 0 saturated carbocycles. The average Bonchev–Trinajstić information content (AvgIpc) is 2.36. The number of hydrogen-bond donors (Lipinski definition) is 1. The van der Waals surface area contributed by atoms with Crippen LogP contribution in [0, 0.1) is 0 Å². The van der Waals surface area contributed by atoms with Gasteiger partial charge in [0.25, 0.3) is 0 Å². The maximum atomic E-state index is 11.7. The number of Topliss-reactive ketones (excluding diaryl/α,β-unsaturated/α-hetero) is 1. The van der Waals surface area contributed by atoms with E-state index in [0.717, 1.165) is 6.42 Å². The molecule has 0 atom stereocenters. The molecule has 0 aliphatic rings. The van der Waals surface area contributed by atoms with E-state index >= 15 is 0 Å². The molecule has 0 bridgehead atoms. The fraction of sp³-hybridized carbons (Fsp3) is 0.385. The number of carbonyl (C=O) groups is 2. The third-order valence-corrected chi connectivity index (χ3v) is 3.77. The van der Waals surface area contributed by atoms with E-state index in [2.05, 4.69) is 5.32 Å². The Kier molecular flexibility index (Phi) is 5.69. The van der Waals surface area contributed by atoms with Gasteiger partial charge in [-0.05, 0) is 6.42 Å². The number of ketones is 1. The van der Waals surface area contributed by atoms with Crippen molar-refractivity contribution in [3.05, 3.63) is 35.9 Å². The molecule has 0 heterocycles. The fourth-order valence-corrected chi connectivity index (χ4v) is 2.64. The Morgan fingerprint density at radius 2 is 1.74 bits per heavy atom. The van der Waals surface area contributed by atoms with Crippen molar-refractivity contribution in [2.24, 2.45) is 0 Å². The first-order chi connectivity index (χ1) is 8.94. The second-order valence-corrected chi connectivity index (χ2v) is 6.24. The lowest BCUT2D eigenvalue weighted by molar-refractivity contribution is -0.118. The first-order valence-electron chi connectivity index (χ1n) is 6.00. The molecule has 0 saturated heterocycles. The first-order valence-corrected chi connectivity index (χ1v) is 7.82. The van der Waals surface area contributed by atoms with Crippen LogP contribution >= 0.6 is 0 Å². The summed E-state index contributed by atoms with van der Waals surface area (Å²) >= 11 is 0. The molecule has 1 aromatic rings. The van der Waals surface area contributed by atoms with Crippen molar-refractivity contribution >= 4 is 21.5 Å². The van der Waals surface area contributed by atoms with Crippen molar-refractivity contribution in [3.8, 4) is 0 Å². The van der Waals surface area contributed by atoms with Crippen LogP contribution in [0.3, 0.4) is 0 Å². The van der Waals surface area contributed by atoms with Gasteiger partial charge in [-0.1, -0.05) is 37.3 Å². The number of amides is 1. The molecule has 6 heteroatoms. The number of benzene rings is 1. The quantitative estimate of drug-likeness (QED) is 0.751. The number of carbonyl (C=O) groups excluding carboxylic acids is 2. The highest BCUT2D eigenvalue weighted by Gasteiger charge is 2.21. The molecule has 1 aromatic carbocycles. The van der Waals surface area contributed by atoms with Gasteiger partial charge in [-0.2, -0.15) is 0 Å². The Balaban J connectivity index is 2.60. The molecule has 0 radical (unpaired) electrons. The van der Waals surface area contributed by atoms with Crippen molar-refractivity contribution in [1.82, 2.24) is 5.32 Å². The van der Waals surface area contributed by atoms with Gasteiger partial charge in [0.05, 0.1) is 0 Å². The van der Waals surface area contributed by atoms with Crippen LogP contribution in [-0.2, 0) is 14.6 Å². The Bertz CT molecular complexity index is 537. The van der Waals surface area contributed by atoms with Crippen LogP contribution in [0.4, 0.5) is 0 Å². The lowest BCUT2D eigenvalue weighted by Crippen LogP contribution is -2.33. The number of hydrogen-bond acceptors (Lipinski definition) is 4. The van der Waals surface area contributed by atoms with Gasteiger partial charge in [-0.3, -0.25) is 9.59 Å². The topological polar surface area (TPSA) is 80.3 Å². The van der Waals surface area contributed by atoms with Crippen LogP contribution in [0.1, 0.15) is 23.7 Å². The van der Waals surface area contributed by atoms with Crippen molar-refractivity contribution < 1.29 is 18.0 Å². The maximum absolute atomic E-state index is 11.7. The predicted molar refractivity (Wildman–Crippen MR) is 72.7 cm³/mol. The van der Waals surface area contributed by atoms with Crippen LogP contribution in [0.25, 0.3) is 0 Å². The van der Waals surface area contributed by atoms with Crippen molar-refractivity contribution in [1.29, 1.82) is 0 Å². The van der Waals surface area contributed by atoms with Gasteiger partial charge in [0, 0.05) is 12.1 Å². The third-order valence-electron chi connectivity index (χ3n) is 2.37. The maximum Gasteiger partial charge on any atom is 0.235 e. The van der Waals surface area contributed by atoms with E-state index in [1.54, 1.807) is 30.3 Å². The summed E-state index contributed by atoms with van der Waals surface area (Å²) in [6.45, 7) is 2.30. The van der Waals surface area contributed by atoms with Gasteiger partial charge in [-0.25, -0.2) is 8.42 Å². The van der Waals surface area contributed by atoms with Crippen LogP contribution in [-0.4, -0.2) is 38.2 Å². The monoisotopic (exact) mass is 283 g/mol. The predicted octanol–water partition coefficient (Wildman–Crippen LogP) is 0.810. The zero-order valence-corrected chi connectivity index (χ0v) is 11.6. The molecule has 1 rings (SSSR count). The molecule has 0 aromatic heterocycles. The van der Waals surface area contributed by atoms with E-state index in [1.807, 2.05) is 6.92 Å². The summed E-state index contributed by atoms with van der Waals surface area (Å²) in [5.74, 6) is -2.35. The molecule has 19 heavy (non-hydrogen) atoms. The summed E-state index contributed by atoms with van der Waals surface area (Å²) in [6, 6.07) is 8.16. The molecule has 5 nitrogen and oxygen atoms in total. The molecular formula is C13H17NO4S. The van der Waals surface area contributed by atoms with E-state index < -0.39 is 33.0 Å². The summed E-state index contributed by atoms with van der Waals surface area (Å²) in [5, 5.41) is 2.47. The van der Waals surface area contributed by atoms with Gasteiger partial charge in [-0.15, -0.1) is 0 Å². The highest BCUT2D eigenvalue weighted by molar-refractivity contribution is 7.92. The van der Waals surface area contributed by atoms with E-state index in [9.17, 15) is 18.0 Å². The number of sulfone groups is 1. The second-order valence-electron chi connectivity index (χ2n) is 4.17. The van der Waals surface area contributed by atoms with Crippen LogP contribution < -0.4 is 5.32 Å². The smallest absolute Gasteiger partial charge is 0.235 e. The van der Waals surface area contributed by atoms with E-state index in [-0.39, 0.29) is 0 Å². The molecular weight excluding hydrogens is 266 g/mol. The number of nitrogens with one attached hydrogen (secondary N) is 1. The lowest BCUT2D eigenvalue weighted by atomic mass is 10.2. The number of rotatable bonds is 7. The van der Waals surface area contributed by atoms with Crippen LogP contribution in [0.2, 0.25) is 0 Å². The Morgan fingerprint density at radius 3 is 2.32 bits per heavy atom. The largest absolute Gasteiger partial charge is 0.355 e. The third kappa shape index (κ3) is 5.65. The standard InChI is InChI=1S/C13H17NO4S/c1-2-8-14-13(16)10-19(17,18)9-12(15)11-6-4-3-5-7-11/h3-7H,2,8-10H2,1H3,(H,14,16). The van der Waals surface area contributed by atoms with Gasteiger partial charge in [0.1, 0.15) is 11.5 Å². The normalized spacial score (nSPS) is 11.0. The second kappa shape index (κ2) is 7.04. The summed E-state index contributed by atoms with van der Waals surface area (Å²) in [6.07, 6.45) is 0.731. The van der Waals surface area contributed by atoms with Gasteiger partial charge >= 0.3 is 0 Å². The minimum atomic E-state index is -3.72. The molecule has 104 valence electrons. The summed E-state index contributed by atoms with van der Waals surface area (Å²) < 4.78 is 23.4. The summed E-state index contributed by atoms with van der Waals surface area (Å²) in [5.41, 5.74) is 0.333. The van der Waals surface area contributed by atoms with Crippen LogP contribution in [0.5, 0.6) is 0 Å². The summed E-state index contributed by atoms with van der Waals surface area (Å²) in [7, 11) is -3.72. The van der Waals surface area contributed by atoms with E-state index in [0.29, 0.717) is 12.1 Å². The molecule has 0 aliphatic heterocycles. The van der Waals surface area contributed by atoms with Gasteiger partial charge in [0.2, 0.25) is 5.91 Å². The highest BCUT2D eigenvalue weighted by Crippen LogP contribution is 2.03. The Morgan fingerprint density at radius 1 is 1.11 bits per heavy atom. The Hall–Kier alpha value is -1.69. The molecule has 0 aliphatic carbocycles. The van der Waals surface area contributed by atoms with Gasteiger partial charge < -0.3 is 5.32 Å². The Labute approximate surface area is 112 Å². The van der Waals surface area contributed by atoms with Crippen molar-refractivity contribution in [3.63, 3.8) is 0 Å². The molecule has 0 fully saturated rings. The lowest BCUT2D eigenvalue weighted by Gasteiger charge is -2.05. The van der Waals surface area contributed by atoms with E-state index in [1.165, 1.54) is 0 Å². The van der Waals surface area contributed by atoms with Crippen molar-refractivity contribution in [2.45, 2.75) is 13.3 Å². The molecule has 1 N–H and O–H groups in total. The minimum Gasteiger partial charge on any atom is -0.355 e. The van der Waals surface area contributed by atoms with E-state index in [4.69, 9.17) is 0 Å². The zero-order valence-electron chi connectivity index (χ0n) is 10.8. The fourth-order valence-electron chi connectivity index (χ4n) is 1.47. The van der Waals surface area contributed by atoms with Gasteiger partial charge in [0.15, 0.2) is 15.6 Å². The molecule has 0 spiro atoms. The zero-order chi connectivity index (χ0) is 14.3. The van der Waals surface area contributed by atoms with Crippen LogP contribution in [0.15, 0.2) is 30.3 Å². The molecule has 0 unspecified atom stereocenters. The SMILES string of the molecule is CCCNC(=O)CS(=O)(=O)CC(=O)c1ccccc1. The highest BCUT2D eigenvalue weighted by atomic mass is 32.2.